The molecular weight excluding hydrogens is 656 g/mol. The number of rotatable bonds is 12. The molecular formula is C40H46N8O4. The van der Waals surface area contributed by atoms with E-state index in [9.17, 15) is 4.79 Å². The number of carbonyl (C=O) groups excluding carboxylic acids is 1. The van der Waals surface area contributed by atoms with E-state index in [4.69, 9.17) is 29.2 Å². The predicted octanol–water partition coefficient (Wildman–Crippen LogP) is 5.31. The summed E-state index contributed by atoms with van der Waals surface area (Å²) in [6.45, 7) is 9.39. The van der Waals surface area contributed by atoms with Crippen molar-refractivity contribution in [3.63, 3.8) is 0 Å². The zero-order chi connectivity index (χ0) is 35.7. The SMILES string of the molecule is CCNC(=O)[C@H]1O[C@@H](n2cnc3c(NCC(c4ccccc4)c4ccccc4)nc(NC4CCN(Cc5ccccc5)C4)nc32)[C@@H]2OC(C)(C)O[C@@H]21. The molecule has 3 aliphatic heterocycles. The molecule has 12 heteroatoms. The normalized spacial score (nSPS) is 24.0. The highest BCUT2D eigenvalue weighted by molar-refractivity contribution is 5.85. The Hall–Kier alpha value is -4.88. The minimum atomic E-state index is -0.884. The number of anilines is 2. The first-order valence-corrected chi connectivity index (χ1v) is 18.2. The lowest BCUT2D eigenvalue weighted by molar-refractivity contribution is -0.197. The van der Waals surface area contributed by atoms with Crippen molar-refractivity contribution in [1.29, 1.82) is 0 Å². The van der Waals surface area contributed by atoms with Crippen LogP contribution in [0.3, 0.4) is 0 Å². The molecule has 0 saturated carbocycles. The van der Waals surface area contributed by atoms with Crippen LogP contribution in [0.15, 0.2) is 97.3 Å². The molecule has 270 valence electrons. The number of aromatic nitrogens is 4. The summed E-state index contributed by atoms with van der Waals surface area (Å²) in [6.07, 6.45) is -0.0256. The molecule has 0 radical (unpaired) electrons. The van der Waals surface area contributed by atoms with E-state index in [2.05, 4.69) is 93.6 Å². The summed E-state index contributed by atoms with van der Waals surface area (Å²) in [5, 5.41) is 10.2. The Bertz CT molecular complexity index is 1940. The van der Waals surface area contributed by atoms with Crippen LogP contribution in [0.4, 0.5) is 11.8 Å². The Morgan fingerprint density at radius 1 is 0.923 bits per heavy atom. The summed E-state index contributed by atoms with van der Waals surface area (Å²) in [5.41, 5.74) is 4.86. The third-order valence-corrected chi connectivity index (χ3v) is 10.1. The first-order chi connectivity index (χ1) is 25.3. The Morgan fingerprint density at radius 3 is 2.29 bits per heavy atom. The number of imidazole rings is 1. The van der Waals surface area contributed by atoms with Crippen LogP contribution in [-0.4, -0.2) is 86.6 Å². The van der Waals surface area contributed by atoms with Crippen LogP contribution in [0.2, 0.25) is 0 Å². The van der Waals surface area contributed by atoms with E-state index >= 15 is 0 Å². The molecule has 0 aliphatic carbocycles. The van der Waals surface area contributed by atoms with E-state index in [0.29, 0.717) is 36.0 Å². The molecule has 3 aromatic carbocycles. The van der Waals surface area contributed by atoms with Gasteiger partial charge in [0, 0.05) is 44.7 Å². The molecule has 3 N–H and O–H groups in total. The number of fused-ring (bicyclic) bond motifs is 2. The number of hydrogen-bond donors (Lipinski definition) is 3. The van der Waals surface area contributed by atoms with Crippen molar-refractivity contribution in [2.75, 3.05) is 36.8 Å². The van der Waals surface area contributed by atoms with E-state index in [1.165, 1.54) is 16.7 Å². The summed E-state index contributed by atoms with van der Waals surface area (Å²) in [5.74, 6) is 0.0544. The lowest BCUT2D eigenvalue weighted by atomic mass is 9.91. The van der Waals surface area contributed by atoms with Crippen molar-refractivity contribution < 1.29 is 19.0 Å². The number of amides is 1. The van der Waals surface area contributed by atoms with Crippen LogP contribution < -0.4 is 16.0 Å². The zero-order valence-electron chi connectivity index (χ0n) is 29.8. The Balaban J connectivity index is 1.12. The molecule has 5 atom stereocenters. The third-order valence-electron chi connectivity index (χ3n) is 10.1. The molecule has 1 unspecified atom stereocenters. The molecule has 3 fully saturated rings. The van der Waals surface area contributed by atoms with Crippen molar-refractivity contribution in [3.05, 3.63) is 114 Å². The molecule has 3 aliphatic rings. The van der Waals surface area contributed by atoms with Crippen LogP contribution >= 0.6 is 0 Å². The topological polar surface area (TPSA) is 128 Å². The van der Waals surface area contributed by atoms with Gasteiger partial charge >= 0.3 is 0 Å². The van der Waals surface area contributed by atoms with Crippen molar-refractivity contribution in [2.24, 2.45) is 0 Å². The first-order valence-electron chi connectivity index (χ1n) is 18.2. The summed E-state index contributed by atoms with van der Waals surface area (Å²) in [7, 11) is 0. The molecule has 2 aromatic heterocycles. The average molecular weight is 703 g/mol. The molecule has 52 heavy (non-hydrogen) atoms. The Labute approximate surface area is 303 Å². The number of nitrogens with zero attached hydrogens (tertiary/aromatic N) is 5. The van der Waals surface area contributed by atoms with E-state index in [0.717, 1.165) is 26.1 Å². The van der Waals surface area contributed by atoms with Gasteiger partial charge in [-0.3, -0.25) is 14.3 Å². The predicted molar refractivity (Wildman–Crippen MR) is 199 cm³/mol. The van der Waals surface area contributed by atoms with Crippen molar-refractivity contribution in [1.82, 2.24) is 29.7 Å². The van der Waals surface area contributed by atoms with Gasteiger partial charge in [-0.05, 0) is 43.9 Å². The van der Waals surface area contributed by atoms with Gasteiger partial charge in [0.1, 0.15) is 12.2 Å². The van der Waals surface area contributed by atoms with Crippen LogP contribution in [0, 0.1) is 0 Å². The molecule has 0 bridgehead atoms. The van der Waals surface area contributed by atoms with E-state index in [-0.39, 0.29) is 17.9 Å². The number of carbonyl (C=O) groups is 1. The fourth-order valence-corrected chi connectivity index (χ4v) is 7.69. The highest BCUT2D eigenvalue weighted by Crippen LogP contribution is 2.44. The highest BCUT2D eigenvalue weighted by atomic mass is 16.8. The van der Waals surface area contributed by atoms with E-state index in [1.54, 1.807) is 6.33 Å². The monoisotopic (exact) mass is 702 g/mol. The first kappa shape index (κ1) is 34.2. The van der Waals surface area contributed by atoms with Gasteiger partial charge in [0.05, 0.1) is 6.33 Å². The number of hydrogen-bond acceptors (Lipinski definition) is 10. The van der Waals surface area contributed by atoms with Gasteiger partial charge in [0.25, 0.3) is 5.91 Å². The fourth-order valence-electron chi connectivity index (χ4n) is 7.69. The van der Waals surface area contributed by atoms with E-state index in [1.807, 2.05) is 43.5 Å². The summed E-state index contributed by atoms with van der Waals surface area (Å²) >= 11 is 0. The molecule has 5 aromatic rings. The number of nitrogens with one attached hydrogen (secondary N) is 3. The third kappa shape index (κ3) is 7.11. The maximum Gasteiger partial charge on any atom is 0.252 e. The maximum absolute atomic E-state index is 13.2. The van der Waals surface area contributed by atoms with Gasteiger partial charge in [-0.1, -0.05) is 91.0 Å². The van der Waals surface area contributed by atoms with Gasteiger partial charge in [-0.15, -0.1) is 0 Å². The molecule has 0 spiro atoms. The van der Waals surface area contributed by atoms with Gasteiger partial charge in [-0.2, -0.15) is 9.97 Å². The molecule has 3 saturated heterocycles. The van der Waals surface area contributed by atoms with Crippen molar-refractivity contribution in [2.45, 2.75) is 76.0 Å². The molecule has 1 amide bonds. The smallest absolute Gasteiger partial charge is 0.252 e. The fraction of sp³-hybridized carbons (Fsp3) is 0.400. The lowest BCUT2D eigenvalue weighted by Crippen LogP contribution is -2.42. The highest BCUT2D eigenvalue weighted by Gasteiger charge is 2.58. The summed E-state index contributed by atoms with van der Waals surface area (Å²) in [6, 6.07) is 31.7. The average Bonchev–Trinajstić information content (AvgIpc) is 3.93. The maximum atomic E-state index is 13.2. The molecule has 12 nitrogen and oxygen atoms in total. The summed E-state index contributed by atoms with van der Waals surface area (Å²) < 4.78 is 20.9. The second-order valence-electron chi connectivity index (χ2n) is 14.2. The number of likely N-dealkylation sites (tertiary alicyclic amines) is 1. The number of benzene rings is 3. The lowest BCUT2D eigenvalue weighted by Gasteiger charge is -2.24. The van der Waals surface area contributed by atoms with Crippen LogP contribution in [0.25, 0.3) is 11.2 Å². The minimum absolute atomic E-state index is 0.0651. The standard InChI is InChI=1S/C40H46N8O4/c1-4-41-37(49)33-32-34(52-40(2,3)51-32)38(50-33)48-25-43-31-35(42-22-30(27-16-10-6-11-17-27)28-18-12-7-13-19-28)45-39(46-36(31)48)44-29-20-21-47(24-29)23-26-14-8-5-9-15-26/h5-19,25,29-30,32-34,38H,4,20-24H2,1-3H3,(H,41,49)(H2,42,44,45,46)/t29?,32-,33+,34-,38-/m1/s1. The number of ether oxygens (including phenoxy) is 3. The van der Waals surface area contributed by atoms with Crippen molar-refractivity contribution in [3.8, 4) is 0 Å². The molecule has 5 heterocycles. The van der Waals surface area contributed by atoms with Crippen LogP contribution in [0.1, 0.15) is 56.0 Å². The van der Waals surface area contributed by atoms with Crippen molar-refractivity contribution >= 4 is 28.8 Å². The van der Waals surface area contributed by atoms with Gasteiger partial charge in [0.15, 0.2) is 35.1 Å². The Morgan fingerprint density at radius 2 is 1.60 bits per heavy atom. The largest absolute Gasteiger partial charge is 0.367 e. The van der Waals surface area contributed by atoms with Gasteiger partial charge < -0.3 is 30.2 Å². The second kappa shape index (κ2) is 14.6. The van der Waals surface area contributed by atoms with Crippen LogP contribution in [-0.2, 0) is 25.5 Å². The van der Waals surface area contributed by atoms with Crippen LogP contribution in [0.5, 0.6) is 0 Å². The van der Waals surface area contributed by atoms with E-state index < -0.39 is 30.3 Å². The minimum Gasteiger partial charge on any atom is -0.367 e. The van der Waals surface area contributed by atoms with Gasteiger partial charge in [-0.25, -0.2) is 4.98 Å². The van der Waals surface area contributed by atoms with Gasteiger partial charge in [0.2, 0.25) is 5.95 Å². The Kier molecular flexibility index (Phi) is 9.63. The second-order valence-corrected chi connectivity index (χ2v) is 14.2. The zero-order valence-corrected chi connectivity index (χ0v) is 29.8. The molecule has 8 rings (SSSR count). The quantitative estimate of drug-likeness (QED) is 0.158. The number of likely N-dealkylation sites (N-methyl/N-ethyl adjacent to an activating group) is 1. The summed E-state index contributed by atoms with van der Waals surface area (Å²) in [4.78, 5) is 30.5.